The number of hydrogen-bond acceptors (Lipinski definition) is 2. The molecule has 74 valence electrons. The molecule has 1 aliphatic heterocycles. The molecule has 0 radical (unpaired) electrons. The molecule has 0 bridgehead atoms. The Morgan fingerprint density at radius 1 is 1.43 bits per heavy atom. The highest BCUT2D eigenvalue weighted by atomic mass is 79.9. The second-order valence-electron chi connectivity index (χ2n) is 3.42. The average molecular weight is 255 g/mol. The Morgan fingerprint density at radius 2 is 2.14 bits per heavy atom. The molecule has 0 aromatic heterocycles. The summed E-state index contributed by atoms with van der Waals surface area (Å²) in [6.45, 7) is 0. The van der Waals surface area contributed by atoms with Gasteiger partial charge in [0.25, 0.3) is 0 Å². The molecule has 0 fully saturated rings. The maximum absolute atomic E-state index is 11.4. The van der Waals surface area contributed by atoms with Gasteiger partial charge < -0.3 is 10.6 Å². The van der Waals surface area contributed by atoms with Crippen molar-refractivity contribution in [3.8, 4) is 0 Å². The zero-order valence-electron chi connectivity index (χ0n) is 7.88. The molecule has 0 atom stereocenters. The summed E-state index contributed by atoms with van der Waals surface area (Å²) in [6, 6.07) is 3.71. The van der Waals surface area contributed by atoms with Gasteiger partial charge in [0.05, 0.1) is 0 Å². The topological polar surface area (TPSA) is 46.3 Å². The number of nitrogens with two attached hydrogens (primary N) is 1. The number of nitrogens with zero attached hydrogens (tertiary/aromatic N) is 1. The van der Waals surface area contributed by atoms with Crippen molar-refractivity contribution in [1.29, 1.82) is 0 Å². The number of benzene rings is 1. The standard InChI is InChI=1S/C10H11BrN2O/c1-13-8-4-3-7(12)10(11)6(8)2-5-9(13)14/h3-4H,2,5,12H2,1H3. The summed E-state index contributed by atoms with van der Waals surface area (Å²) in [4.78, 5) is 13.1. The van der Waals surface area contributed by atoms with E-state index < -0.39 is 0 Å². The molecule has 1 heterocycles. The first-order valence-corrected chi connectivity index (χ1v) is 5.24. The van der Waals surface area contributed by atoms with Crippen molar-refractivity contribution in [2.75, 3.05) is 17.7 Å². The van der Waals surface area contributed by atoms with E-state index in [9.17, 15) is 4.79 Å². The van der Waals surface area contributed by atoms with Crippen molar-refractivity contribution in [1.82, 2.24) is 0 Å². The minimum absolute atomic E-state index is 0.161. The second-order valence-corrected chi connectivity index (χ2v) is 4.21. The number of carbonyl (C=O) groups is 1. The molecule has 3 nitrogen and oxygen atoms in total. The lowest BCUT2D eigenvalue weighted by molar-refractivity contribution is -0.118. The number of nitrogen functional groups attached to an aromatic ring is 1. The first-order valence-electron chi connectivity index (χ1n) is 4.44. The van der Waals surface area contributed by atoms with Gasteiger partial charge in [0.15, 0.2) is 0 Å². The fourth-order valence-corrected chi connectivity index (χ4v) is 2.25. The Balaban J connectivity index is 2.59. The third kappa shape index (κ3) is 1.30. The van der Waals surface area contributed by atoms with E-state index in [1.165, 1.54) is 0 Å². The first-order chi connectivity index (χ1) is 6.61. The van der Waals surface area contributed by atoms with Gasteiger partial charge in [0, 0.05) is 29.3 Å². The van der Waals surface area contributed by atoms with Crippen LogP contribution in [-0.4, -0.2) is 13.0 Å². The van der Waals surface area contributed by atoms with Gasteiger partial charge >= 0.3 is 0 Å². The van der Waals surface area contributed by atoms with E-state index in [-0.39, 0.29) is 5.91 Å². The molecule has 1 aromatic carbocycles. The quantitative estimate of drug-likeness (QED) is 0.720. The van der Waals surface area contributed by atoms with Crippen molar-refractivity contribution in [2.24, 2.45) is 0 Å². The fourth-order valence-electron chi connectivity index (χ4n) is 1.72. The van der Waals surface area contributed by atoms with Crippen molar-refractivity contribution in [3.63, 3.8) is 0 Å². The van der Waals surface area contributed by atoms with E-state index in [1.54, 1.807) is 11.9 Å². The highest BCUT2D eigenvalue weighted by Crippen LogP contribution is 2.35. The number of rotatable bonds is 0. The summed E-state index contributed by atoms with van der Waals surface area (Å²) in [5, 5.41) is 0. The van der Waals surface area contributed by atoms with Crippen LogP contribution in [0.3, 0.4) is 0 Å². The normalized spacial score (nSPS) is 15.6. The molecule has 1 amide bonds. The van der Waals surface area contributed by atoms with Crippen LogP contribution in [0, 0.1) is 0 Å². The van der Waals surface area contributed by atoms with E-state index in [1.807, 2.05) is 12.1 Å². The summed E-state index contributed by atoms with van der Waals surface area (Å²) < 4.78 is 0.925. The third-order valence-electron chi connectivity index (χ3n) is 2.57. The molecule has 0 unspecified atom stereocenters. The molecule has 1 aromatic rings. The zero-order chi connectivity index (χ0) is 10.3. The fraction of sp³-hybridized carbons (Fsp3) is 0.300. The Hall–Kier alpha value is -1.03. The number of halogens is 1. The molecule has 4 heteroatoms. The summed E-state index contributed by atoms with van der Waals surface area (Å²) in [7, 11) is 1.79. The Labute approximate surface area is 91.0 Å². The monoisotopic (exact) mass is 254 g/mol. The van der Waals surface area contributed by atoms with Crippen LogP contribution in [0.15, 0.2) is 16.6 Å². The van der Waals surface area contributed by atoms with Crippen LogP contribution < -0.4 is 10.6 Å². The average Bonchev–Trinajstić information content (AvgIpc) is 2.17. The van der Waals surface area contributed by atoms with Gasteiger partial charge in [0.1, 0.15) is 0 Å². The van der Waals surface area contributed by atoms with Crippen molar-refractivity contribution < 1.29 is 4.79 Å². The van der Waals surface area contributed by atoms with Gasteiger partial charge in [0.2, 0.25) is 5.91 Å². The van der Waals surface area contributed by atoms with Gasteiger partial charge in [-0.15, -0.1) is 0 Å². The molecule has 2 N–H and O–H groups in total. The minimum Gasteiger partial charge on any atom is -0.398 e. The van der Waals surface area contributed by atoms with E-state index >= 15 is 0 Å². The van der Waals surface area contributed by atoms with Gasteiger partial charge in [-0.25, -0.2) is 0 Å². The predicted octanol–water partition coefficient (Wildman–Crippen LogP) is 1.94. The van der Waals surface area contributed by atoms with Crippen molar-refractivity contribution in [2.45, 2.75) is 12.8 Å². The lowest BCUT2D eigenvalue weighted by Gasteiger charge is -2.26. The molecule has 14 heavy (non-hydrogen) atoms. The second kappa shape index (κ2) is 3.28. The summed E-state index contributed by atoms with van der Waals surface area (Å²) in [6.07, 6.45) is 1.33. The van der Waals surface area contributed by atoms with Crippen LogP contribution in [0.1, 0.15) is 12.0 Å². The summed E-state index contributed by atoms with van der Waals surface area (Å²) in [5.41, 5.74) is 8.59. The van der Waals surface area contributed by atoms with E-state index in [0.717, 1.165) is 27.8 Å². The summed E-state index contributed by atoms with van der Waals surface area (Å²) in [5.74, 6) is 0.161. The van der Waals surface area contributed by atoms with E-state index in [0.29, 0.717) is 6.42 Å². The Bertz CT molecular complexity index is 403. The molecule has 0 spiro atoms. The third-order valence-corrected chi connectivity index (χ3v) is 3.51. The smallest absolute Gasteiger partial charge is 0.227 e. The van der Waals surface area contributed by atoms with Crippen LogP contribution in [0.25, 0.3) is 0 Å². The molecule has 2 rings (SSSR count). The number of carbonyl (C=O) groups excluding carboxylic acids is 1. The zero-order valence-corrected chi connectivity index (χ0v) is 9.47. The molecule has 1 aliphatic rings. The molecular formula is C10H11BrN2O. The molecule has 0 aliphatic carbocycles. The number of amides is 1. The van der Waals surface area contributed by atoms with Crippen molar-refractivity contribution in [3.05, 3.63) is 22.2 Å². The van der Waals surface area contributed by atoms with Crippen LogP contribution in [0.2, 0.25) is 0 Å². The first kappa shape index (κ1) is 9.52. The van der Waals surface area contributed by atoms with Gasteiger partial charge in [-0.3, -0.25) is 4.79 Å². The van der Waals surface area contributed by atoms with Crippen LogP contribution >= 0.6 is 15.9 Å². The number of hydrogen-bond donors (Lipinski definition) is 1. The summed E-state index contributed by atoms with van der Waals surface area (Å²) >= 11 is 3.45. The number of fused-ring (bicyclic) bond motifs is 1. The van der Waals surface area contributed by atoms with Gasteiger partial charge in [-0.1, -0.05) is 0 Å². The Kier molecular flexibility index (Phi) is 2.23. The van der Waals surface area contributed by atoms with Crippen LogP contribution in [-0.2, 0) is 11.2 Å². The lowest BCUT2D eigenvalue weighted by Crippen LogP contribution is -2.31. The highest BCUT2D eigenvalue weighted by Gasteiger charge is 2.22. The lowest BCUT2D eigenvalue weighted by atomic mass is 10.0. The highest BCUT2D eigenvalue weighted by molar-refractivity contribution is 9.10. The SMILES string of the molecule is CN1C(=O)CCc2c1ccc(N)c2Br. The predicted molar refractivity (Wildman–Crippen MR) is 60.3 cm³/mol. The number of anilines is 2. The molecule has 0 saturated carbocycles. The largest absolute Gasteiger partial charge is 0.398 e. The van der Waals surface area contributed by atoms with Crippen molar-refractivity contribution >= 4 is 33.2 Å². The minimum atomic E-state index is 0.161. The van der Waals surface area contributed by atoms with Crippen LogP contribution in [0.5, 0.6) is 0 Å². The molecule has 0 saturated heterocycles. The van der Waals surface area contributed by atoms with E-state index in [4.69, 9.17) is 5.73 Å². The Morgan fingerprint density at radius 3 is 2.86 bits per heavy atom. The molecular weight excluding hydrogens is 244 g/mol. The van der Waals surface area contributed by atoms with Crippen LogP contribution in [0.4, 0.5) is 11.4 Å². The van der Waals surface area contributed by atoms with Gasteiger partial charge in [-0.2, -0.15) is 0 Å². The van der Waals surface area contributed by atoms with Gasteiger partial charge in [-0.05, 0) is 40.0 Å². The maximum Gasteiger partial charge on any atom is 0.227 e. The van der Waals surface area contributed by atoms with E-state index in [2.05, 4.69) is 15.9 Å². The maximum atomic E-state index is 11.4.